The van der Waals surface area contributed by atoms with E-state index in [1.54, 1.807) is 26.1 Å². The molecule has 2 saturated heterocycles. The van der Waals surface area contributed by atoms with Crippen molar-refractivity contribution in [1.29, 1.82) is 0 Å². The van der Waals surface area contributed by atoms with Crippen molar-refractivity contribution >= 4 is 27.3 Å². The van der Waals surface area contributed by atoms with Gasteiger partial charge in [-0.05, 0) is 81.9 Å². The Kier molecular flexibility index (Phi) is 7.98. The standard InChI is InChI=1S/C27H36ClFN4O5S/c1-27(2)13-20(33-26(34)24(28)22(15-31-33)30-14-17-5-4-10-38-16-17)8-9-32(27)39(35,36)23-12-19(18-6-7-18)11-21(29)25(23)37-3/h11-12,15,17-18,20,30H,4-10,13-14,16H2,1-3H3. The molecule has 2 atom stereocenters. The number of anilines is 1. The Morgan fingerprint density at radius 3 is 2.67 bits per heavy atom. The quantitative estimate of drug-likeness (QED) is 0.486. The summed E-state index contributed by atoms with van der Waals surface area (Å²) in [5.41, 5.74) is -0.147. The number of piperidine rings is 1. The number of aromatic nitrogens is 2. The smallest absolute Gasteiger partial charge is 0.287 e. The number of sulfonamides is 1. The van der Waals surface area contributed by atoms with Crippen LogP contribution in [0.5, 0.6) is 5.75 Å². The molecular weight excluding hydrogens is 547 g/mol. The lowest BCUT2D eigenvalue weighted by Crippen LogP contribution is -2.53. The number of nitrogens with zero attached hydrogens (tertiary/aromatic N) is 3. The fraction of sp³-hybridized carbons (Fsp3) is 0.630. The Bertz CT molecular complexity index is 1390. The summed E-state index contributed by atoms with van der Waals surface area (Å²) in [5, 5.41) is 7.69. The van der Waals surface area contributed by atoms with Gasteiger partial charge in [0.15, 0.2) is 11.6 Å². The van der Waals surface area contributed by atoms with Gasteiger partial charge in [0.05, 0.1) is 31.6 Å². The van der Waals surface area contributed by atoms with Gasteiger partial charge in [-0.25, -0.2) is 17.5 Å². The van der Waals surface area contributed by atoms with Crippen LogP contribution in [0.3, 0.4) is 0 Å². The number of hydrogen-bond acceptors (Lipinski definition) is 7. The summed E-state index contributed by atoms with van der Waals surface area (Å²) in [5.74, 6) is -0.427. The molecule has 1 aliphatic carbocycles. The zero-order valence-electron chi connectivity index (χ0n) is 22.6. The van der Waals surface area contributed by atoms with E-state index < -0.39 is 26.9 Å². The number of methoxy groups -OCH3 is 1. The van der Waals surface area contributed by atoms with Crippen molar-refractivity contribution in [2.45, 2.75) is 74.8 Å². The molecule has 0 spiro atoms. The Labute approximate surface area is 233 Å². The van der Waals surface area contributed by atoms with Gasteiger partial charge in [-0.15, -0.1) is 0 Å². The highest BCUT2D eigenvalue weighted by molar-refractivity contribution is 7.89. The van der Waals surface area contributed by atoms with E-state index in [1.807, 2.05) is 0 Å². The van der Waals surface area contributed by atoms with Crippen LogP contribution in [0, 0.1) is 11.7 Å². The molecule has 12 heteroatoms. The van der Waals surface area contributed by atoms with Crippen molar-refractivity contribution < 1.29 is 22.3 Å². The highest BCUT2D eigenvalue weighted by Gasteiger charge is 2.45. The maximum absolute atomic E-state index is 14.9. The van der Waals surface area contributed by atoms with E-state index in [4.69, 9.17) is 21.1 Å². The molecule has 3 aliphatic rings. The third kappa shape index (κ3) is 5.68. The highest BCUT2D eigenvalue weighted by atomic mass is 35.5. The minimum Gasteiger partial charge on any atom is -0.492 e. The molecule has 39 heavy (non-hydrogen) atoms. The van der Waals surface area contributed by atoms with Crippen molar-refractivity contribution in [2.24, 2.45) is 5.92 Å². The van der Waals surface area contributed by atoms with Gasteiger partial charge in [0.1, 0.15) is 9.92 Å². The van der Waals surface area contributed by atoms with Gasteiger partial charge < -0.3 is 14.8 Å². The van der Waals surface area contributed by atoms with E-state index in [1.165, 1.54) is 22.2 Å². The van der Waals surface area contributed by atoms with E-state index in [-0.39, 0.29) is 34.2 Å². The zero-order chi connectivity index (χ0) is 27.9. The monoisotopic (exact) mass is 582 g/mol. The van der Waals surface area contributed by atoms with Gasteiger partial charge in [0, 0.05) is 25.2 Å². The number of nitrogens with one attached hydrogen (secondary N) is 1. The van der Waals surface area contributed by atoms with Crippen molar-refractivity contribution in [3.05, 3.63) is 45.1 Å². The first-order valence-corrected chi connectivity index (χ1v) is 15.3. The van der Waals surface area contributed by atoms with Crippen LogP contribution >= 0.6 is 11.6 Å². The topological polar surface area (TPSA) is 103 Å². The minimum atomic E-state index is -4.10. The summed E-state index contributed by atoms with van der Waals surface area (Å²) in [4.78, 5) is 13.0. The fourth-order valence-corrected chi connectivity index (χ4v) is 8.01. The van der Waals surface area contributed by atoms with Crippen molar-refractivity contribution in [2.75, 3.05) is 38.7 Å². The minimum absolute atomic E-state index is 0.0617. The third-order valence-corrected chi connectivity index (χ3v) is 10.5. The highest BCUT2D eigenvalue weighted by Crippen LogP contribution is 2.45. The lowest BCUT2D eigenvalue weighted by Gasteiger charge is -2.44. The molecule has 3 heterocycles. The van der Waals surface area contributed by atoms with Gasteiger partial charge in [0.25, 0.3) is 5.56 Å². The van der Waals surface area contributed by atoms with Crippen LogP contribution in [0.15, 0.2) is 28.0 Å². The van der Waals surface area contributed by atoms with Gasteiger partial charge in [0.2, 0.25) is 10.0 Å². The molecule has 2 aromatic rings. The first-order valence-electron chi connectivity index (χ1n) is 13.5. The lowest BCUT2D eigenvalue weighted by molar-refractivity contribution is 0.0595. The van der Waals surface area contributed by atoms with Crippen LogP contribution < -0.4 is 15.6 Å². The molecule has 0 radical (unpaired) electrons. The molecule has 1 saturated carbocycles. The third-order valence-electron chi connectivity index (χ3n) is 8.05. The zero-order valence-corrected chi connectivity index (χ0v) is 24.2. The Hall–Kier alpha value is -2.21. The van der Waals surface area contributed by atoms with Crippen LogP contribution in [0.1, 0.15) is 69.9 Å². The van der Waals surface area contributed by atoms with Gasteiger partial charge in [-0.3, -0.25) is 4.79 Å². The van der Waals surface area contributed by atoms with Gasteiger partial charge >= 0.3 is 0 Å². The van der Waals surface area contributed by atoms with Crippen LogP contribution in [-0.2, 0) is 14.8 Å². The number of halogens is 2. The molecule has 0 bridgehead atoms. The Morgan fingerprint density at radius 1 is 1.26 bits per heavy atom. The maximum atomic E-state index is 14.9. The van der Waals surface area contributed by atoms with Crippen molar-refractivity contribution in [3.63, 3.8) is 0 Å². The molecule has 1 aromatic carbocycles. The average molecular weight is 583 g/mol. The van der Waals surface area contributed by atoms with E-state index in [0.29, 0.717) is 43.2 Å². The normalized spacial score (nSPS) is 23.9. The Balaban J connectivity index is 1.35. The summed E-state index contributed by atoms with van der Waals surface area (Å²) >= 11 is 6.46. The lowest BCUT2D eigenvalue weighted by atomic mass is 9.89. The van der Waals surface area contributed by atoms with E-state index in [2.05, 4.69) is 10.4 Å². The summed E-state index contributed by atoms with van der Waals surface area (Å²) < 4.78 is 56.1. The predicted octanol–water partition coefficient (Wildman–Crippen LogP) is 4.56. The molecule has 0 amide bonds. The number of ether oxygens (including phenoxy) is 2. The SMILES string of the molecule is COc1c(F)cc(C2CC2)cc1S(=O)(=O)N1CCC(n2ncc(NCC3CCCOC3)c(Cl)c2=O)CC1(C)C. The van der Waals surface area contributed by atoms with E-state index in [9.17, 15) is 17.6 Å². The van der Waals surface area contributed by atoms with Gasteiger partial charge in [-0.1, -0.05) is 11.6 Å². The second-order valence-electron chi connectivity index (χ2n) is 11.4. The molecular formula is C27H36ClFN4O5S. The first-order chi connectivity index (χ1) is 18.5. The fourth-order valence-electron chi connectivity index (χ4n) is 5.80. The molecule has 9 nitrogen and oxygen atoms in total. The first kappa shape index (κ1) is 28.3. The molecule has 2 aliphatic heterocycles. The van der Waals surface area contributed by atoms with Crippen LogP contribution in [-0.4, -0.2) is 61.5 Å². The molecule has 3 fully saturated rings. The van der Waals surface area contributed by atoms with Crippen LogP contribution in [0.2, 0.25) is 5.02 Å². The largest absolute Gasteiger partial charge is 0.492 e. The van der Waals surface area contributed by atoms with Crippen LogP contribution in [0.25, 0.3) is 0 Å². The second kappa shape index (κ2) is 11.0. The Morgan fingerprint density at radius 2 is 2.03 bits per heavy atom. The molecule has 1 N–H and O–H groups in total. The summed E-state index contributed by atoms with van der Waals surface area (Å²) in [7, 11) is -2.82. The molecule has 1 aromatic heterocycles. The predicted molar refractivity (Wildman–Crippen MR) is 147 cm³/mol. The second-order valence-corrected chi connectivity index (χ2v) is 13.6. The summed E-state index contributed by atoms with van der Waals surface area (Å²) in [6, 6.07) is 2.57. The maximum Gasteiger partial charge on any atom is 0.287 e. The summed E-state index contributed by atoms with van der Waals surface area (Å²) in [6.45, 7) is 5.84. The number of hydrogen-bond donors (Lipinski definition) is 1. The average Bonchev–Trinajstić information content (AvgIpc) is 3.74. The van der Waals surface area contributed by atoms with Crippen molar-refractivity contribution in [1.82, 2.24) is 14.1 Å². The molecule has 214 valence electrons. The van der Waals surface area contributed by atoms with Gasteiger partial charge in [-0.2, -0.15) is 9.40 Å². The molecule has 5 rings (SSSR count). The number of rotatable bonds is 8. The number of benzene rings is 1. The van der Waals surface area contributed by atoms with Crippen LogP contribution in [0.4, 0.5) is 10.1 Å². The summed E-state index contributed by atoms with van der Waals surface area (Å²) in [6.07, 6.45) is 6.12. The van der Waals surface area contributed by atoms with E-state index >= 15 is 0 Å². The van der Waals surface area contributed by atoms with E-state index in [0.717, 1.165) is 32.3 Å². The van der Waals surface area contributed by atoms with Crippen molar-refractivity contribution in [3.8, 4) is 5.75 Å². The molecule has 2 unspecified atom stereocenters.